The number of benzene rings is 1. The fourth-order valence-electron chi connectivity index (χ4n) is 2.42. The molecule has 0 radical (unpaired) electrons. The zero-order valence-corrected chi connectivity index (χ0v) is 11.6. The molecule has 1 aliphatic rings. The van der Waals surface area contributed by atoms with Gasteiger partial charge in [0.2, 0.25) is 0 Å². The van der Waals surface area contributed by atoms with Crippen LogP contribution >= 0.6 is 23.4 Å². The van der Waals surface area contributed by atoms with Crippen molar-refractivity contribution < 1.29 is 0 Å². The maximum Gasteiger partial charge on any atom is 0.0406 e. The molecule has 0 aliphatic carbocycles. The second-order valence-corrected chi connectivity index (χ2v) is 6.54. The van der Waals surface area contributed by atoms with Gasteiger partial charge in [-0.05, 0) is 60.8 Å². The van der Waals surface area contributed by atoms with Crippen molar-refractivity contribution in [3.63, 3.8) is 0 Å². The Morgan fingerprint density at radius 1 is 1.24 bits per heavy atom. The van der Waals surface area contributed by atoms with Gasteiger partial charge in [0, 0.05) is 11.1 Å². The Labute approximate surface area is 113 Å². The molecule has 1 aliphatic heterocycles. The Hall–Kier alpha value is -0.180. The summed E-state index contributed by atoms with van der Waals surface area (Å²) in [6.45, 7) is 0. The van der Waals surface area contributed by atoms with Gasteiger partial charge < -0.3 is 5.73 Å². The van der Waals surface area contributed by atoms with Crippen LogP contribution in [0.4, 0.5) is 0 Å². The Morgan fingerprint density at radius 3 is 2.53 bits per heavy atom. The van der Waals surface area contributed by atoms with Gasteiger partial charge in [-0.25, -0.2) is 0 Å². The normalized spacial score (nSPS) is 19.2. The molecule has 1 saturated heterocycles. The van der Waals surface area contributed by atoms with E-state index in [2.05, 4.69) is 23.9 Å². The molecule has 1 atom stereocenters. The number of hydrogen-bond donors (Lipinski definition) is 1. The summed E-state index contributed by atoms with van der Waals surface area (Å²) in [6.07, 6.45) is 4.84. The molecule has 1 fully saturated rings. The molecule has 94 valence electrons. The summed E-state index contributed by atoms with van der Waals surface area (Å²) >= 11 is 7.95. The van der Waals surface area contributed by atoms with Crippen molar-refractivity contribution in [2.24, 2.45) is 11.7 Å². The Kier molecular flexibility index (Phi) is 5.20. The van der Waals surface area contributed by atoms with E-state index in [1.807, 2.05) is 12.1 Å². The largest absolute Gasteiger partial charge is 0.327 e. The highest BCUT2D eigenvalue weighted by molar-refractivity contribution is 7.99. The van der Waals surface area contributed by atoms with Crippen LogP contribution in [0.15, 0.2) is 24.3 Å². The summed E-state index contributed by atoms with van der Waals surface area (Å²) in [5, 5.41) is 0.798. The van der Waals surface area contributed by atoms with Crippen LogP contribution in [-0.2, 0) is 6.42 Å². The molecule has 17 heavy (non-hydrogen) atoms. The van der Waals surface area contributed by atoms with Crippen molar-refractivity contribution in [1.29, 1.82) is 0 Å². The zero-order valence-electron chi connectivity index (χ0n) is 10.1. The highest BCUT2D eigenvalue weighted by Gasteiger charge is 2.17. The SMILES string of the molecule is NC(Cc1ccc(Cl)cc1)CC1CCSCC1. The van der Waals surface area contributed by atoms with Gasteiger partial charge in [-0.1, -0.05) is 23.7 Å². The first-order valence-electron chi connectivity index (χ1n) is 6.32. The van der Waals surface area contributed by atoms with E-state index in [0.717, 1.165) is 17.4 Å². The molecular weight excluding hydrogens is 250 g/mol. The maximum absolute atomic E-state index is 6.23. The van der Waals surface area contributed by atoms with Gasteiger partial charge in [-0.3, -0.25) is 0 Å². The van der Waals surface area contributed by atoms with Gasteiger partial charge in [0.05, 0.1) is 0 Å². The number of nitrogens with two attached hydrogens (primary N) is 1. The molecule has 1 nitrogen and oxygen atoms in total. The lowest BCUT2D eigenvalue weighted by molar-refractivity contribution is 0.406. The second-order valence-electron chi connectivity index (χ2n) is 4.88. The lowest BCUT2D eigenvalue weighted by atomic mass is 9.92. The van der Waals surface area contributed by atoms with Gasteiger partial charge in [-0.15, -0.1) is 0 Å². The van der Waals surface area contributed by atoms with E-state index in [4.69, 9.17) is 17.3 Å². The molecule has 2 N–H and O–H groups in total. The topological polar surface area (TPSA) is 26.0 Å². The van der Waals surface area contributed by atoms with E-state index in [0.29, 0.717) is 6.04 Å². The maximum atomic E-state index is 6.23. The molecular formula is C14H20ClNS. The molecule has 0 amide bonds. The number of halogens is 1. The van der Waals surface area contributed by atoms with Crippen molar-refractivity contribution in [2.75, 3.05) is 11.5 Å². The average molecular weight is 270 g/mol. The Bertz CT molecular complexity index is 333. The molecule has 1 heterocycles. The fourth-order valence-corrected chi connectivity index (χ4v) is 3.75. The third-order valence-electron chi connectivity index (χ3n) is 3.39. The molecule has 0 spiro atoms. The first kappa shape index (κ1) is 13.3. The van der Waals surface area contributed by atoms with Gasteiger partial charge in [0.15, 0.2) is 0 Å². The van der Waals surface area contributed by atoms with Crippen molar-refractivity contribution in [2.45, 2.75) is 31.7 Å². The summed E-state index contributed by atoms with van der Waals surface area (Å²) in [7, 11) is 0. The van der Waals surface area contributed by atoms with Crippen molar-refractivity contribution in [3.05, 3.63) is 34.9 Å². The third kappa shape index (κ3) is 4.53. The standard InChI is InChI=1S/C14H20ClNS/c15-13-3-1-11(2-4-13)9-14(16)10-12-5-7-17-8-6-12/h1-4,12,14H,5-10,16H2. The van der Waals surface area contributed by atoms with Crippen LogP contribution < -0.4 is 5.73 Å². The predicted molar refractivity (Wildman–Crippen MR) is 77.8 cm³/mol. The van der Waals surface area contributed by atoms with Crippen molar-refractivity contribution in [3.8, 4) is 0 Å². The summed E-state index contributed by atoms with van der Waals surface area (Å²) in [5.74, 6) is 3.48. The van der Waals surface area contributed by atoms with Crippen LogP contribution in [-0.4, -0.2) is 17.5 Å². The van der Waals surface area contributed by atoms with E-state index in [1.165, 1.54) is 36.3 Å². The Balaban J connectivity index is 1.79. The zero-order chi connectivity index (χ0) is 12.1. The first-order chi connectivity index (χ1) is 8.24. The van der Waals surface area contributed by atoms with E-state index in [1.54, 1.807) is 0 Å². The molecule has 0 bridgehead atoms. The Morgan fingerprint density at radius 2 is 1.88 bits per heavy atom. The van der Waals surface area contributed by atoms with Crippen molar-refractivity contribution >= 4 is 23.4 Å². The molecule has 1 unspecified atom stereocenters. The second kappa shape index (κ2) is 6.67. The molecule has 1 aromatic rings. The van der Waals surface area contributed by atoms with Gasteiger partial charge in [0.25, 0.3) is 0 Å². The van der Waals surface area contributed by atoms with Crippen molar-refractivity contribution in [1.82, 2.24) is 0 Å². The number of hydrogen-bond acceptors (Lipinski definition) is 2. The van der Waals surface area contributed by atoms with Crippen LogP contribution in [0.1, 0.15) is 24.8 Å². The minimum Gasteiger partial charge on any atom is -0.327 e. The summed E-state index contributed by atoms with van der Waals surface area (Å²) < 4.78 is 0. The smallest absolute Gasteiger partial charge is 0.0406 e. The molecule has 3 heteroatoms. The monoisotopic (exact) mass is 269 g/mol. The molecule has 1 aromatic carbocycles. The summed E-state index contributed by atoms with van der Waals surface area (Å²) in [5.41, 5.74) is 7.53. The lowest BCUT2D eigenvalue weighted by Gasteiger charge is -2.24. The molecule has 2 rings (SSSR count). The van der Waals surface area contributed by atoms with Crippen LogP contribution in [0.2, 0.25) is 5.02 Å². The third-order valence-corrected chi connectivity index (χ3v) is 4.69. The average Bonchev–Trinajstić information content (AvgIpc) is 2.33. The van der Waals surface area contributed by atoms with Gasteiger partial charge in [-0.2, -0.15) is 11.8 Å². The lowest BCUT2D eigenvalue weighted by Crippen LogP contribution is -2.27. The first-order valence-corrected chi connectivity index (χ1v) is 7.85. The summed E-state index contributed by atoms with van der Waals surface area (Å²) in [4.78, 5) is 0. The summed E-state index contributed by atoms with van der Waals surface area (Å²) in [6, 6.07) is 8.35. The van der Waals surface area contributed by atoms with E-state index in [9.17, 15) is 0 Å². The highest BCUT2D eigenvalue weighted by atomic mass is 35.5. The minimum atomic E-state index is 0.296. The molecule has 0 saturated carbocycles. The quantitative estimate of drug-likeness (QED) is 0.901. The van der Waals surface area contributed by atoms with Crippen LogP contribution in [0.3, 0.4) is 0 Å². The number of rotatable bonds is 4. The molecule has 0 aromatic heterocycles. The van der Waals surface area contributed by atoms with Crippen LogP contribution in [0.5, 0.6) is 0 Å². The highest BCUT2D eigenvalue weighted by Crippen LogP contribution is 2.26. The fraction of sp³-hybridized carbons (Fsp3) is 0.571. The van der Waals surface area contributed by atoms with Crippen LogP contribution in [0.25, 0.3) is 0 Å². The van der Waals surface area contributed by atoms with E-state index < -0.39 is 0 Å². The number of thioether (sulfide) groups is 1. The predicted octanol–water partition coefficient (Wildman–Crippen LogP) is 3.74. The minimum absolute atomic E-state index is 0.296. The van der Waals surface area contributed by atoms with E-state index in [-0.39, 0.29) is 0 Å². The van der Waals surface area contributed by atoms with Gasteiger partial charge in [0.1, 0.15) is 0 Å². The van der Waals surface area contributed by atoms with Gasteiger partial charge >= 0.3 is 0 Å². The van der Waals surface area contributed by atoms with E-state index >= 15 is 0 Å². The van der Waals surface area contributed by atoms with Crippen LogP contribution in [0, 0.1) is 5.92 Å².